The first-order valence-electron chi connectivity index (χ1n) is 4.89. The summed E-state index contributed by atoms with van der Waals surface area (Å²) < 4.78 is 29.8. The Labute approximate surface area is 101 Å². The number of methoxy groups -OCH3 is 1. The van der Waals surface area contributed by atoms with Crippen molar-refractivity contribution in [2.24, 2.45) is 0 Å². The molecule has 17 heavy (non-hydrogen) atoms. The molecule has 0 amide bonds. The van der Waals surface area contributed by atoms with E-state index in [4.69, 9.17) is 10.00 Å². The van der Waals surface area contributed by atoms with Gasteiger partial charge in [-0.2, -0.15) is 5.26 Å². The van der Waals surface area contributed by atoms with Crippen LogP contribution in [0, 0.1) is 18.3 Å². The lowest BCUT2D eigenvalue weighted by Crippen LogP contribution is -2.11. The van der Waals surface area contributed by atoms with Crippen LogP contribution < -0.4 is 9.46 Å². The summed E-state index contributed by atoms with van der Waals surface area (Å²) in [6.07, 6.45) is 1.34. The molecule has 1 aromatic rings. The van der Waals surface area contributed by atoms with Gasteiger partial charge in [0, 0.05) is 0 Å². The largest absolute Gasteiger partial charge is 0.495 e. The van der Waals surface area contributed by atoms with E-state index in [1.165, 1.54) is 7.11 Å². The maximum Gasteiger partial charge on any atom is 0.229 e. The number of hydrogen-bond acceptors (Lipinski definition) is 4. The van der Waals surface area contributed by atoms with Crippen LogP contribution in [0.4, 0.5) is 5.69 Å². The highest BCUT2D eigenvalue weighted by molar-refractivity contribution is 7.92. The number of nitriles is 1. The summed E-state index contributed by atoms with van der Waals surface area (Å²) in [4.78, 5) is 0. The molecule has 5 nitrogen and oxygen atoms in total. The predicted octanol–water partition coefficient (Wildman–Crippen LogP) is 1.44. The summed E-state index contributed by atoms with van der Waals surface area (Å²) >= 11 is 0. The molecule has 0 fully saturated rings. The molecule has 0 saturated carbocycles. The highest BCUT2D eigenvalue weighted by Crippen LogP contribution is 2.29. The van der Waals surface area contributed by atoms with E-state index in [1.807, 2.05) is 13.0 Å². The minimum absolute atomic E-state index is 0.265. The van der Waals surface area contributed by atoms with Crippen LogP contribution in [0.3, 0.4) is 0 Å². The summed E-state index contributed by atoms with van der Waals surface area (Å²) in [5, 5.41) is 8.66. The Kier molecular flexibility index (Phi) is 3.97. The van der Waals surface area contributed by atoms with Gasteiger partial charge in [0.2, 0.25) is 10.0 Å². The average molecular weight is 254 g/mol. The van der Waals surface area contributed by atoms with E-state index in [0.29, 0.717) is 11.4 Å². The second-order valence-corrected chi connectivity index (χ2v) is 5.44. The van der Waals surface area contributed by atoms with Gasteiger partial charge in [-0.15, -0.1) is 0 Å². The molecule has 6 heteroatoms. The Morgan fingerprint density at radius 2 is 2.12 bits per heavy atom. The highest BCUT2D eigenvalue weighted by atomic mass is 32.2. The van der Waals surface area contributed by atoms with Gasteiger partial charge in [0.05, 0.1) is 31.5 Å². The van der Waals surface area contributed by atoms with Gasteiger partial charge in [0.25, 0.3) is 0 Å². The quantitative estimate of drug-likeness (QED) is 0.881. The van der Waals surface area contributed by atoms with E-state index in [1.54, 1.807) is 12.1 Å². The normalized spacial score (nSPS) is 10.7. The minimum atomic E-state index is -3.35. The zero-order valence-electron chi connectivity index (χ0n) is 9.94. The summed E-state index contributed by atoms with van der Waals surface area (Å²) in [6, 6.07) is 5.38. The third kappa shape index (κ3) is 3.64. The highest BCUT2D eigenvalue weighted by Gasteiger charge is 2.11. The molecular formula is C11H14N2O3S. The average Bonchev–Trinajstić information content (AvgIpc) is 2.20. The van der Waals surface area contributed by atoms with Gasteiger partial charge in [-0.25, -0.2) is 8.42 Å². The predicted molar refractivity (Wildman–Crippen MR) is 65.5 cm³/mol. The Hall–Kier alpha value is -1.74. The number of rotatable bonds is 4. The Morgan fingerprint density at radius 1 is 1.47 bits per heavy atom. The topological polar surface area (TPSA) is 79.2 Å². The number of ether oxygens (including phenoxy) is 1. The van der Waals surface area contributed by atoms with E-state index >= 15 is 0 Å². The number of nitrogens with one attached hydrogen (secondary N) is 1. The number of aryl methyl sites for hydroxylation is 1. The molecule has 0 bridgehead atoms. The van der Waals surface area contributed by atoms with E-state index < -0.39 is 10.0 Å². The first-order chi connectivity index (χ1) is 7.87. The van der Waals surface area contributed by atoms with Gasteiger partial charge in [0.15, 0.2) is 0 Å². The molecule has 0 unspecified atom stereocenters. The van der Waals surface area contributed by atoms with E-state index in [2.05, 4.69) is 4.72 Å². The third-order valence-electron chi connectivity index (χ3n) is 2.22. The molecule has 0 radical (unpaired) electrons. The molecule has 0 aliphatic carbocycles. The summed E-state index contributed by atoms with van der Waals surface area (Å²) in [6.45, 7) is 1.82. The van der Waals surface area contributed by atoms with Crippen molar-refractivity contribution in [3.8, 4) is 11.8 Å². The van der Waals surface area contributed by atoms with Crippen LogP contribution in [0.2, 0.25) is 0 Å². The Bertz CT molecular complexity index is 559. The molecule has 1 aromatic carbocycles. The van der Waals surface area contributed by atoms with E-state index in [9.17, 15) is 8.42 Å². The van der Waals surface area contributed by atoms with Crippen LogP contribution in [0.1, 0.15) is 11.1 Å². The van der Waals surface area contributed by atoms with Gasteiger partial charge in [-0.05, 0) is 30.2 Å². The molecule has 0 aliphatic rings. The lowest BCUT2D eigenvalue weighted by molar-refractivity contribution is 0.416. The van der Waals surface area contributed by atoms with Gasteiger partial charge in [0.1, 0.15) is 5.75 Å². The fraction of sp³-hybridized carbons (Fsp3) is 0.364. The fourth-order valence-corrected chi connectivity index (χ4v) is 2.01. The molecule has 0 aromatic heterocycles. The van der Waals surface area contributed by atoms with Crippen molar-refractivity contribution in [2.45, 2.75) is 13.3 Å². The van der Waals surface area contributed by atoms with Crippen LogP contribution in [-0.2, 0) is 16.4 Å². The smallest absolute Gasteiger partial charge is 0.229 e. The molecule has 0 heterocycles. The van der Waals surface area contributed by atoms with Crippen LogP contribution in [0.15, 0.2) is 12.1 Å². The van der Waals surface area contributed by atoms with Crippen LogP contribution in [-0.4, -0.2) is 21.8 Å². The molecule has 0 aliphatic heterocycles. The van der Waals surface area contributed by atoms with Gasteiger partial charge < -0.3 is 4.74 Å². The number of anilines is 1. The lowest BCUT2D eigenvalue weighted by Gasteiger charge is -2.13. The van der Waals surface area contributed by atoms with Gasteiger partial charge in [-0.3, -0.25) is 4.72 Å². The van der Waals surface area contributed by atoms with Crippen molar-refractivity contribution in [1.29, 1.82) is 5.26 Å². The molecule has 1 rings (SSSR count). The van der Waals surface area contributed by atoms with Crippen LogP contribution in [0.5, 0.6) is 5.75 Å². The maximum atomic E-state index is 11.2. The SMILES string of the molecule is COc1cc(CC#N)c(C)cc1NS(C)(=O)=O. The molecular weight excluding hydrogens is 240 g/mol. The van der Waals surface area contributed by atoms with Crippen molar-refractivity contribution in [1.82, 2.24) is 0 Å². The summed E-state index contributed by atoms with van der Waals surface area (Å²) in [5.41, 5.74) is 2.05. The van der Waals surface area contributed by atoms with Crippen molar-refractivity contribution >= 4 is 15.7 Å². The zero-order valence-corrected chi connectivity index (χ0v) is 10.8. The van der Waals surface area contributed by atoms with Crippen molar-refractivity contribution in [2.75, 3.05) is 18.1 Å². The molecule has 92 valence electrons. The number of nitrogens with zero attached hydrogens (tertiary/aromatic N) is 1. The molecule has 1 N–H and O–H groups in total. The third-order valence-corrected chi connectivity index (χ3v) is 2.81. The van der Waals surface area contributed by atoms with Crippen LogP contribution in [0.25, 0.3) is 0 Å². The monoisotopic (exact) mass is 254 g/mol. The number of benzene rings is 1. The molecule has 0 atom stereocenters. The summed E-state index contributed by atoms with van der Waals surface area (Å²) in [5.74, 6) is 0.409. The number of sulfonamides is 1. The van der Waals surface area contributed by atoms with Crippen molar-refractivity contribution < 1.29 is 13.2 Å². The minimum Gasteiger partial charge on any atom is -0.495 e. The first kappa shape index (κ1) is 13.3. The molecule has 0 saturated heterocycles. The fourth-order valence-electron chi connectivity index (χ4n) is 1.45. The maximum absolute atomic E-state index is 11.2. The second kappa shape index (κ2) is 5.06. The lowest BCUT2D eigenvalue weighted by atomic mass is 10.0. The van der Waals surface area contributed by atoms with Gasteiger partial charge >= 0.3 is 0 Å². The van der Waals surface area contributed by atoms with Gasteiger partial charge in [-0.1, -0.05) is 0 Å². The van der Waals surface area contributed by atoms with E-state index in [0.717, 1.165) is 17.4 Å². The standard InChI is InChI=1S/C11H14N2O3S/c1-8-6-10(13-17(3,14)15)11(16-2)7-9(8)4-5-12/h6-7,13H,4H2,1-3H3. The van der Waals surface area contributed by atoms with Crippen molar-refractivity contribution in [3.63, 3.8) is 0 Å². The zero-order chi connectivity index (χ0) is 13.1. The Morgan fingerprint density at radius 3 is 2.59 bits per heavy atom. The number of hydrogen-bond donors (Lipinski definition) is 1. The molecule has 0 spiro atoms. The summed E-state index contributed by atoms with van der Waals surface area (Å²) in [7, 11) is -1.89. The first-order valence-corrected chi connectivity index (χ1v) is 6.78. The second-order valence-electron chi connectivity index (χ2n) is 3.69. The van der Waals surface area contributed by atoms with E-state index in [-0.39, 0.29) is 6.42 Å². The van der Waals surface area contributed by atoms with Crippen LogP contribution >= 0.6 is 0 Å². The Balaban J connectivity index is 3.24. The van der Waals surface area contributed by atoms with Crippen molar-refractivity contribution in [3.05, 3.63) is 23.3 Å².